The minimum atomic E-state index is 0.576. The van der Waals surface area contributed by atoms with Gasteiger partial charge in [0.15, 0.2) is 0 Å². The Labute approximate surface area is 185 Å². The Morgan fingerprint density at radius 2 is 0.893 bits per heavy atom. The number of unbranched alkanes of at least 4 members (excludes halogenated alkanes) is 9. The number of pyridine rings is 2. The summed E-state index contributed by atoms with van der Waals surface area (Å²) >= 11 is 6.81. The van der Waals surface area contributed by atoms with Crippen molar-refractivity contribution >= 4 is 31.9 Å². The normalized spacial score (nSPS) is 11.1. The van der Waals surface area contributed by atoms with Crippen molar-refractivity contribution in [3.8, 4) is 0 Å². The molecule has 0 fully saturated rings. The van der Waals surface area contributed by atoms with Gasteiger partial charge >= 0.3 is 0 Å². The molecule has 2 heterocycles. The van der Waals surface area contributed by atoms with Crippen LogP contribution in [0.2, 0.25) is 0 Å². The zero-order chi connectivity index (χ0) is 20.2. The number of halogens is 2. The van der Waals surface area contributed by atoms with Crippen LogP contribution in [0.4, 0.5) is 0 Å². The van der Waals surface area contributed by atoms with Gasteiger partial charge in [0.05, 0.1) is 0 Å². The monoisotopic (exact) mass is 510 g/mol. The molecule has 0 saturated heterocycles. The smallest absolute Gasteiger partial charge is 0.125 e. The summed E-state index contributed by atoms with van der Waals surface area (Å²) in [6.07, 6.45) is 16.7. The third kappa shape index (κ3) is 8.91. The second-order valence-corrected chi connectivity index (χ2v) is 9.21. The first-order valence-electron chi connectivity index (χ1n) is 10.4. The van der Waals surface area contributed by atoms with Gasteiger partial charge in [0.2, 0.25) is 0 Å². The van der Waals surface area contributed by atoms with Gasteiger partial charge < -0.3 is 9.13 Å². The fourth-order valence-corrected chi connectivity index (χ4v) is 4.04. The number of aryl methyl sites for hydroxylation is 2. The van der Waals surface area contributed by atoms with Crippen molar-refractivity contribution in [3.63, 3.8) is 0 Å². The first-order valence-corrected chi connectivity index (χ1v) is 12.0. The Hall–Kier alpha value is -1.14. The Kier molecular flexibility index (Phi) is 10.9. The molecule has 154 valence electrons. The second-order valence-electron chi connectivity index (χ2n) is 7.38. The molecule has 0 radical (unpaired) electrons. The van der Waals surface area contributed by atoms with E-state index in [-0.39, 0.29) is 0 Å². The van der Waals surface area contributed by atoms with Crippen LogP contribution >= 0.6 is 31.9 Å². The maximum atomic E-state index is 7.94. The quantitative estimate of drug-likeness (QED) is 0.293. The molecule has 0 unspecified atom stereocenters. The first kappa shape index (κ1) is 23.1. The molecule has 0 atom stereocenters. The molecule has 0 aromatic carbocycles. The summed E-state index contributed by atoms with van der Waals surface area (Å²) in [7, 11) is 0. The Bertz CT molecular complexity index is 756. The maximum absolute atomic E-state index is 7.94. The van der Waals surface area contributed by atoms with E-state index in [1.165, 1.54) is 51.4 Å². The van der Waals surface area contributed by atoms with Crippen LogP contribution in [0.3, 0.4) is 0 Å². The van der Waals surface area contributed by atoms with Crippen LogP contribution in [-0.4, -0.2) is 9.13 Å². The molecular formula is C22H32Br2N4. The number of aromatic nitrogens is 2. The van der Waals surface area contributed by atoms with E-state index < -0.39 is 0 Å². The van der Waals surface area contributed by atoms with Gasteiger partial charge in [-0.2, -0.15) is 0 Å². The molecule has 0 saturated carbocycles. The van der Waals surface area contributed by atoms with E-state index in [1.807, 2.05) is 45.8 Å². The molecule has 0 bridgehead atoms. The molecule has 4 nitrogen and oxygen atoms in total. The van der Waals surface area contributed by atoms with Crippen LogP contribution in [0.15, 0.2) is 45.6 Å². The molecule has 2 rings (SSSR count). The Morgan fingerprint density at radius 1 is 0.571 bits per heavy atom. The molecule has 6 heteroatoms. The molecule has 2 aromatic heterocycles. The van der Waals surface area contributed by atoms with E-state index in [0.717, 1.165) is 34.9 Å². The van der Waals surface area contributed by atoms with Gasteiger partial charge in [0, 0.05) is 34.4 Å². The molecule has 2 aromatic rings. The molecule has 2 N–H and O–H groups in total. The number of hydrogen-bond acceptors (Lipinski definition) is 2. The van der Waals surface area contributed by atoms with Crippen molar-refractivity contribution < 1.29 is 0 Å². The van der Waals surface area contributed by atoms with E-state index in [2.05, 4.69) is 31.9 Å². The van der Waals surface area contributed by atoms with Crippen molar-refractivity contribution in [2.45, 2.75) is 77.3 Å². The van der Waals surface area contributed by atoms with Crippen LogP contribution in [0, 0.1) is 10.8 Å². The lowest BCUT2D eigenvalue weighted by molar-refractivity contribution is 0.513. The average Bonchev–Trinajstić information content (AvgIpc) is 2.65. The summed E-state index contributed by atoms with van der Waals surface area (Å²) in [4.78, 5) is 0. The van der Waals surface area contributed by atoms with Crippen LogP contribution in [-0.2, 0) is 13.1 Å². The fourth-order valence-electron chi connectivity index (χ4n) is 3.37. The standard InChI is InChI=1S/C22H32Br2N4/c23-19-11-15-27(21(25)17-19)13-9-7-5-3-1-2-4-6-8-10-14-28-16-12-20(24)18-22(28)26/h11-12,15-18,25-26H,1-10,13-14H2. The van der Waals surface area contributed by atoms with E-state index in [1.54, 1.807) is 0 Å². The molecule has 0 aliphatic heterocycles. The number of nitrogens with one attached hydrogen (secondary N) is 2. The maximum Gasteiger partial charge on any atom is 0.125 e. The van der Waals surface area contributed by atoms with Crippen molar-refractivity contribution in [2.75, 3.05) is 0 Å². The van der Waals surface area contributed by atoms with Crippen molar-refractivity contribution in [1.82, 2.24) is 9.13 Å². The van der Waals surface area contributed by atoms with Crippen molar-refractivity contribution in [1.29, 1.82) is 10.8 Å². The average molecular weight is 512 g/mol. The predicted molar refractivity (Wildman–Crippen MR) is 122 cm³/mol. The van der Waals surface area contributed by atoms with Crippen LogP contribution < -0.4 is 11.0 Å². The van der Waals surface area contributed by atoms with Gasteiger partial charge in [-0.1, -0.05) is 83.2 Å². The second kappa shape index (κ2) is 13.2. The third-order valence-corrected chi connectivity index (χ3v) is 6.03. The Morgan fingerprint density at radius 3 is 1.21 bits per heavy atom. The van der Waals surface area contributed by atoms with Gasteiger partial charge in [0.1, 0.15) is 11.0 Å². The zero-order valence-corrected chi connectivity index (χ0v) is 19.8. The summed E-state index contributed by atoms with van der Waals surface area (Å²) in [6.45, 7) is 1.89. The first-order chi connectivity index (χ1) is 13.6. The van der Waals surface area contributed by atoms with Crippen LogP contribution in [0.25, 0.3) is 0 Å². The lowest BCUT2D eigenvalue weighted by atomic mass is 10.1. The van der Waals surface area contributed by atoms with E-state index in [4.69, 9.17) is 10.8 Å². The van der Waals surface area contributed by atoms with Gasteiger partial charge in [-0.15, -0.1) is 0 Å². The van der Waals surface area contributed by atoms with Gasteiger partial charge in [0.25, 0.3) is 0 Å². The molecule has 28 heavy (non-hydrogen) atoms. The minimum absolute atomic E-state index is 0.576. The highest BCUT2D eigenvalue weighted by Gasteiger charge is 1.97. The lowest BCUT2D eigenvalue weighted by Gasteiger charge is -2.08. The van der Waals surface area contributed by atoms with Crippen LogP contribution in [0.5, 0.6) is 0 Å². The zero-order valence-electron chi connectivity index (χ0n) is 16.6. The summed E-state index contributed by atoms with van der Waals surface area (Å²) in [5.41, 5.74) is 1.15. The SMILES string of the molecule is N=c1cc(Br)ccn1CCCCCCCCCCCCn1ccc(Br)cc1=N. The van der Waals surface area contributed by atoms with E-state index in [0.29, 0.717) is 11.0 Å². The summed E-state index contributed by atoms with van der Waals surface area (Å²) < 4.78 is 5.98. The highest BCUT2D eigenvalue weighted by molar-refractivity contribution is 9.10. The van der Waals surface area contributed by atoms with Gasteiger partial charge in [-0.05, 0) is 37.1 Å². The molecule has 0 spiro atoms. The van der Waals surface area contributed by atoms with E-state index in [9.17, 15) is 0 Å². The summed E-state index contributed by atoms with van der Waals surface area (Å²) in [6, 6.07) is 7.70. The number of rotatable bonds is 13. The predicted octanol–water partition coefficient (Wildman–Crippen LogP) is 6.37. The summed E-state index contributed by atoms with van der Waals surface area (Å²) in [5.74, 6) is 0. The third-order valence-electron chi connectivity index (χ3n) is 5.04. The fraction of sp³-hybridized carbons (Fsp3) is 0.545. The van der Waals surface area contributed by atoms with Gasteiger partial charge in [-0.25, -0.2) is 0 Å². The van der Waals surface area contributed by atoms with E-state index >= 15 is 0 Å². The largest absolute Gasteiger partial charge is 0.333 e. The van der Waals surface area contributed by atoms with Gasteiger partial charge in [-0.3, -0.25) is 10.8 Å². The molecule has 0 aliphatic rings. The van der Waals surface area contributed by atoms with Crippen LogP contribution in [0.1, 0.15) is 64.2 Å². The lowest BCUT2D eigenvalue weighted by Crippen LogP contribution is -2.18. The van der Waals surface area contributed by atoms with Crippen molar-refractivity contribution in [3.05, 3.63) is 56.6 Å². The number of hydrogen-bond donors (Lipinski definition) is 2. The topological polar surface area (TPSA) is 57.6 Å². The molecule has 0 amide bonds. The molecular weight excluding hydrogens is 480 g/mol. The van der Waals surface area contributed by atoms with Crippen molar-refractivity contribution in [2.24, 2.45) is 0 Å². The highest BCUT2D eigenvalue weighted by atomic mass is 79.9. The highest BCUT2D eigenvalue weighted by Crippen LogP contribution is 2.12. The summed E-state index contributed by atoms with van der Waals surface area (Å²) in [5, 5.41) is 15.9. The minimum Gasteiger partial charge on any atom is -0.333 e. The molecule has 0 aliphatic carbocycles. The Balaban J connectivity index is 1.41. The number of nitrogens with zero attached hydrogens (tertiary/aromatic N) is 2.